The summed E-state index contributed by atoms with van der Waals surface area (Å²) in [5.41, 5.74) is 1.12. The van der Waals surface area contributed by atoms with Crippen molar-refractivity contribution in [3.05, 3.63) is 48.4 Å². The Hall–Kier alpha value is -2.20. The highest BCUT2D eigenvalue weighted by Crippen LogP contribution is 2.47. The number of nitrogens with zero attached hydrogens (tertiary/aromatic N) is 2. The molecule has 4 heteroatoms. The van der Waals surface area contributed by atoms with Gasteiger partial charge in [0.15, 0.2) is 0 Å². The average molecular weight is 305 g/mol. The van der Waals surface area contributed by atoms with Crippen molar-refractivity contribution in [3.63, 3.8) is 0 Å². The van der Waals surface area contributed by atoms with Gasteiger partial charge in [0, 0.05) is 12.1 Å². The summed E-state index contributed by atoms with van der Waals surface area (Å²) in [5.74, 6) is 2.18. The largest absolute Gasteiger partial charge is 0.338 e. The normalized spacial score (nSPS) is 26.7. The molecule has 23 heavy (non-hydrogen) atoms. The minimum Gasteiger partial charge on any atom is -0.338 e. The lowest BCUT2D eigenvalue weighted by molar-refractivity contribution is 0.265. The van der Waals surface area contributed by atoms with Gasteiger partial charge in [-0.3, -0.25) is 0 Å². The van der Waals surface area contributed by atoms with Crippen LogP contribution in [0.3, 0.4) is 0 Å². The molecule has 2 fully saturated rings. The zero-order valence-electron chi connectivity index (χ0n) is 13.0. The van der Waals surface area contributed by atoms with E-state index in [9.17, 15) is 0 Å². The molecule has 1 aliphatic heterocycles. The second-order valence-electron chi connectivity index (χ2n) is 6.83. The molecule has 1 aliphatic carbocycles. The Morgan fingerprint density at radius 3 is 3.04 bits per heavy atom. The molecular weight excluding hydrogens is 286 g/mol. The molecule has 5 rings (SSSR count). The second kappa shape index (κ2) is 4.90. The molecule has 1 N–H and O–H groups in total. The van der Waals surface area contributed by atoms with Gasteiger partial charge in [-0.05, 0) is 36.1 Å². The highest BCUT2D eigenvalue weighted by molar-refractivity contribution is 5.94. The number of hydrogen-bond donors (Lipinski definition) is 1. The lowest BCUT2D eigenvalue weighted by Gasteiger charge is -2.22. The molecule has 2 aliphatic rings. The van der Waals surface area contributed by atoms with Crippen LogP contribution in [0.2, 0.25) is 0 Å². The fraction of sp³-hybridized carbons (Fsp3) is 0.368. The van der Waals surface area contributed by atoms with Gasteiger partial charge < -0.3 is 9.84 Å². The van der Waals surface area contributed by atoms with Crippen molar-refractivity contribution < 1.29 is 4.52 Å². The summed E-state index contributed by atoms with van der Waals surface area (Å²) in [6, 6.07) is 14.6. The van der Waals surface area contributed by atoms with Gasteiger partial charge in [-0.25, -0.2) is 0 Å². The summed E-state index contributed by atoms with van der Waals surface area (Å²) >= 11 is 0. The fourth-order valence-corrected chi connectivity index (χ4v) is 4.46. The Labute approximate surface area is 134 Å². The Bertz CT molecular complexity index is 854. The van der Waals surface area contributed by atoms with E-state index >= 15 is 0 Å². The number of fused-ring (bicyclic) bond motifs is 2. The van der Waals surface area contributed by atoms with E-state index in [0.717, 1.165) is 31.0 Å². The van der Waals surface area contributed by atoms with Gasteiger partial charge in [-0.15, -0.1) is 0 Å². The van der Waals surface area contributed by atoms with Crippen molar-refractivity contribution in [1.82, 2.24) is 15.5 Å². The van der Waals surface area contributed by atoms with Crippen molar-refractivity contribution in [2.75, 3.05) is 13.1 Å². The second-order valence-corrected chi connectivity index (χ2v) is 6.83. The SMILES string of the molecule is c1ccc2c(-c3noc([C@@]45CCC[C@@H]4CNC5)n3)cccc2c1. The number of nitrogens with one attached hydrogen (secondary N) is 1. The maximum Gasteiger partial charge on any atom is 0.234 e. The van der Waals surface area contributed by atoms with E-state index in [2.05, 4.69) is 52.9 Å². The van der Waals surface area contributed by atoms with Crippen molar-refractivity contribution in [2.45, 2.75) is 24.7 Å². The molecule has 0 amide bonds. The van der Waals surface area contributed by atoms with Gasteiger partial charge in [-0.2, -0.15) is 4.98 Å². The van der Waals surface area contributed by atoms with Gasteiger partial charge in [0.2, 0.25) is 11.7 Å². The van der Waals surface area contributed by atoms with Crippen molar-refractivity contribution in [1.29, 1.82) is 0 Å². The standard InChI is InChI=1S/C19H19N3O/c1-2-8-15-13(5-1)6-3-9-16(15)17-21-18(23-22-17)19-10-4-7-14(19)11-20-12-19/h1-3,5-6,8-9,14,20H,4,7,10-12H2/t14-,19-/m1/s1. The summed E-state index contributed by atoms with van der Waals surface area (Å²) in [6.07, 6.45) is 3.68. The molecule has 1 saturated heterocycles. The first-order valence-electron chi connectivity index (χ1n) is 8.40. The molecule has 1 saturated carbocycles. The molecule has 2 heterocycles. The smallest absolute Gasteiger partial charge is 0.234 e. The maximum absolute atomic E-state index is 5.76. The van der Waals surface area contributed by atoms with E-state index in [4.69, 9.17) is 9.51 Å². The number of rotatable bonds is 2. The molecule has 0 spiro atoms. The third kappa shape index (κ3) is 1.88. The van der Waals surface area contributed by atoms with E-state index < -0.39 is 0 Å². The van der Waals surface area contributed by atoms with Gasteiger partial charge in [0.05, 0.1) is 5.41 Å². The topological polar surface area (TPSA) is 51.0 Å². The molecule has 0 radical (unpaired) electrons. The van der Waals surface area contributed by atoms with Gasteiger partial charge >= 0.3 is 0 Å². The molecular formula is C19H19N3O. The molecule has 2 atom stereocenters. The minimum absolute atomic E-state index is 0.0653. The Balaban J connectivity index is 1.62. The van der Waals surface area contributed by atoms with Crippen LogP contribution >= 0.6 is 0 Å². The summed E-state index contributed by atoms with van der Waals surface area (Å²) in [6.45, 7) is 2.04. The van der Waals surface area contributed by atoms with Crippen molar-refractivity contribution in [2.24, 2.45) is 5.92 Å². The molecule has 4 nitrogen and oxygen atoms in total. The number of benzene rings is 2. The Kier molecular flexibility index (Phi) is 2.82. The van der Waals surface area contributed by atoms with Crippen LogP contribution in [0.25, 0.3) is 22.2 Å². The highest BCUT2D eigenvalue weighted by atomic mass is 16.5. The van der Waals surface area contributed by atoms with Crippen molar-refractivity contribution in [3.8, 4) is 11.4 Å². The lowest BCUT2D eigenvalue weighted by Crippen LogP contribution is -2.31. The Morgan fingerprint density at radius 1 is 1.13 bits per heavy atom. The van der Waals surface area contributed by atoms with Crippen LogP contribution in [0.4, 0.5) is 0 Å². The quantitative estimate of drug-likeness (QED) is 0.787. The molecule has 116 valence electrons. The van der Waals surface area contributed by atoms with Crippen LogP contribution in [0, 0.1) is 5.92 Å². The summed E-state index contributed by atoms with van der Waals surface area (Å²) < 4.78 is 5.76. The first-order valence-corrected chi connectivity index (χ1v) is 8.40. The molecule has 0 unspecified atom stereocenters. The van der Waals surface area contributed by atoms with E-state index in [1.54, 1.807) is 0 Å². The lowest BCUT2D eigenvalue weighted by atomic mass is 9.80. The molecule has 2 aromatic carbocycles. The Morgan fingerprint density at radius 2 is 2.04 bits per heavy atom. The van der Waals surface area contributed by atoms with E-state index in [1.807, 2.05) is 0 Å². The first kappa shape index (κ1) is 13.3. The van der Waals surface area contributed by atoms with Gasteiger partial charge in [0.25, 0.3) is 0 Å². The summed E-state index contributed by atoms with van der Waals surface area (Å²) in [4.78, 5) is 4.83. The van der Waals surface area contributed by atoms with Gasteiger partial charge in [0.1, 0.15) is 0 Å². The number of aromatic nitrogens is 2. The molecule has 3 aromatic rings. The van der Waals surface area contributed by atoms with Crippen LogP contribution in [0.15, 0.2) is 47.0 Å². The van der Waals surface area contributed by atoms with Crippen molar-refractivity contribution >= 4 is 10.8 Å². The highest BCUT2D eigenvalue weighted by Gasteiger charge is 2.51. The van der Waals surface area contributed by atoms with E-state index in [0.29, 0.717) is 11.7 Å². The zero-order chi connectivity index (χ0) is 15.3. The van der Waals surface area contributed by atoms with E-state index in [-0.39, 0.29) is 5.41 Å². The molecule has 1 aromatic heterocycles. The van der Waals surface area contributed by atoms with Crippen LogP contribution in [-0.2, 0) is 5.41 Å². The van der Waals surface area contributed by atoms with E-state index in [1.165, 1.54) is 23.6 Å². The summed E-state index contributed by atoms with van der Waals surface area (Å²) in [5, 5.41) is 10.2. The monoisotopic (exact) mass is 305 g/mol. The van der Waals surface area contributed by atoms with Gasteiger partial charge in [-0.1, -0.05) is 54.0 Å². The predicted octanol–water partition coefficient (Wildman–Crippen LogP) is 3.53. The minimum atomic E-state index is 0.0653. The first-order chi connectivity index (χ1) is 11.4. The third-order valence-corrected chi connectivity index (χ3v) is 5.67. The predicted molar refractivity (Wildman–Crippen MR) is 89.1 cm³/mol. The average Bonchev–Trinajstić information content (AvgIpc) is 3.29. The van der Waals surface area contributed by atoms with Crippen LogP contribution in [-0.4, -0.2) is 23.2 Å². The molecule has 0 bridgehead atoms. The maximum atomic E-state index is 5.76. The third-order valence-electron chi connectivity index (χ3n) is 5.67. The van der Waals surface area contributed by atoms with Crippen LogP contribution in [0.5, 0.6) is 0 Å². The number of hydrogen-bond acceptors (Lipinski definition) is 4. The van der Waals surface area contributed by atoms with Crippen LogP contribution in [0.1, 0.15) is 25.2 Å². The zero-order valence-corrected chi connectivity index (χ0v) is 13.0. The van der Waals surface area contributed by atoms with Crippen LogP contribution < -0.4 is 5.32 Å². The fourth-order valence-electron chi connectivity index (χ4n) is 4.46. The summed E-state index contributed by atoms with van der Waals surface area (Å²) in [7, 11) is 0.